The van der Waals surface area contributed by atoms with E-state index >= 15 is 0 Å². The Morgan fingerprint density at radius 2 is 1.91 bits per heavy atom. The molecule has 0 radical (unpaired) electrons. The molecule has 0 atom stereocenters. The summed E-state index contributed by atoms with van der Waals surface area (Å²) >= 11 is 0. The summed E-state index contributed by atoms with van der Waals surface area (Å²) < 4.78 is 0. The molecular weight excluding hydrogens is 144 g/mol. The Kier molecular flexibility index (Phi) is 2.32. The van der Waals surface area contributed by atoms with Crippen LogP contribution in [0.1, 0.15) is 0 Å². The van der Waals surface area contributed by atoms with E-state index in [-0.39, 0.29) is 0 Å². The zero-order chi connectivity index (χ0) is 8.10. The molecule has 0 aliphatic rings. The third-order valence-corrected chi connectivity index (χ3v) is 1.21. The van der Waals surface area contributed by atoms with Crippen molar-refractivity contribution < 1.29 is 4.79 Å². The largest absolute Gasteiger partial charge is 0.276 e. The van der Waals surface area contributed by atoms with Gasteiger partial charge in [0.1, 0.15) is 0 Å². The second-order valence-corrected chi connectivity index (χ2v) is 1.87. The molecule has 0 spiro atoms. The van der Waals surface area contributed by atoms with Crippen molar-refractivity contribution >= 4 is 12.1 Å². The average molecular weight is 150 g/mol. The molecular formula is C7H6N2O2. The number of para-hydroxylation sites is 1. The number of hydrogen-bond acceptors (Lipinski definition) is 3. The summed E-state index contributed by atoms with van der Waals surface area (Å²) in [6.45, 7) is 0. The minimum Gasteiger partial charge on any atom is -0.276 e. The van der Waals surface area contributed by atoms with Crippen LogP contribution in [0, 0.1) is 4.91 Å². The quantitative estimate of drug-likeness (QED) is 0.370. The van der Waals surface area contributed by atoms with Gasteiger partial charge < -0.3 is 0 Å². The van der Waals surface area contributed by atoms with Crippen LogP contribution in [-0.4, -0.2) is 6.41 Å². The van der Waals surface area contributed by atoms with Gasteiger partial charge in [0.2, 0.25) is 6.41 Å². The van der Waals surface area contributed by atoms with E-state index in [1.165, 1.54) is 0 Å². The first-order valence-corrected chi connectivity index (χ1v) is 3.01. The van der Waals surface area contributed by atoms with Gasteiger partial charge in [-0.05, 0) is 12.1 Å². The highest BCUT2D eigenvalue weighted by Crippen LogP contribution is 2.10. The van der Waals surface area contributed by atoms with E-state index in [0.717, 1.165) is 5.01 Å². The molecule has 11 heavy (non-hydrogen) atoms. The van der Waals surface area contributed by atoms with Crippen molar-refractivity contribution in [1.82, 2.24) is 0 Å². The number of carbonyl (C=O) groups is 1. The van der Waals surface area contributed by atoms with Crippen molar-refractivity contribution in [1.29, 1.82) is 0 Å². The third kappa shape index (κ3) is 1.61. The fraction of sp³-hybridized carbons (Fsp3) is 0. The lowest BCUT2D eigenvalue weighted by Crippen LogP contribution is -2.11. The van der Waals surface area contributed by atoms with Crippen LogP contribution in [0.4, 0.5) is 5.69 Å². The van der Waals surface area contributed by atoms with Crippen molar-refractivity contribution in [3.8, 4) is 0 Å². The average Bonchev–Trinajstić information content (AvgIpc) is 2.09. The maximum Gasteiger partial charge on any atom is 0.237 e. The van der Waals surface area contributed by atoms with E-state index in [4.69, 9.17) is 0 Å². The minimum atomic E-state index is 0.363. The van der Waals surface area contributed by atoms with Crippen LogP contribution in [0.5, 0.6) is 0 Å². The maximum atomic E-state index is 10.2. The van der Waals surface area contributed by atoms with Gasteiger partial charge in [0, 0.05) is 0 Å². The van der Waals surface area contributed by atoms with Gasteiger partial charge in [0.15, 0.2) is 0 Å². The summed E-state index contributed by atoms with van der Waals surface area (Å²) in [6, 6.07) is 8.47. The van der Waals surface area contributed by atoms with Crippen molar-refractivity contribution in [3.05, 3.63) is 35.2 Å². The monoisotopic (exact) mass is 150 g/mol. The van der Waals surface area contributed by atoms with Gasteiger partial charge in [-0.25, -0.2) is 0 Å². The molecule has 0 saturated carbocycles. The van der Waals surface area contributed by atoms with Gasteiger partial charge in [-0.2, -0.15) is 5.01 Å². The number of nitroso groups, excluding NO2 is 1. The minimum absolute atomic E-state index is 0.363. The number of hydrogen-bond donors (Lipinski definition) is 0. The Balaban J connectivity index is 2.90. The molecule has 4 heteroatoms. The second-order valence-electron chi connectivity index (χ2n) is 1.87. The van der Waals surface area contributed by atoms with Crippen LogP contribution < -0.4 is 5.01 Å². The third-order valence-electron chi connectivity index (χ3n) is 1.21. The molecule has 0 heterocycles. The van der Waals surface area contributed by atoms with Crippen LogP contribution in [-0.2, 0) is 4.79 Å². The predicted octanol–water partition coefficient (Wildman–Crippen LogP) is 1.33. The van der Waals surface area contributed by atoms with Crippen molar-refractivity contribution in [2.45, 2.75) is 0 Å². The first-order chi connectivity index (χ1) is 5.38. The van der Waals surface area contributed by atoms with Gasteiger partial charge >= 0.3 is 0 Å². The summed E-state index contributed by atoms with van der Waals surface area (Å²) in [5, 5.41) is 3.21. The summed E-state index contributed by atoms with van der Waals surface area (Å²) in [5.41, 5.74) is 0.470. The molecule has 0 fully saturated rings. The zero-order valence-electron chi connectivity index (χ0n) is 5.68. The SMILES string of the molecule is O=CN(N=O)c1ccccc1. The van der Waals surface area contributed by atoms with E-state index < -0.39 is 0 Å². The Morgan fingerprint density at radius 1 is 1.27 bits per heavy atom. The number of carbonyl (C=O) groups excluding carboxylic acids is 1. The Morgan fingerprint density at radius 3 is 2.36 bits per heavy atom. The van der Waals surface area contributed by atoms with Gasteiger partial charge in [-0.3, -0.25) is 4.79 Å². The summed E-state index contributed by atoms with van der Waals surface area (Å²) in [7, 11) is 0. The standard InChI is InChI=1S/C7H6N2O2/c10-6-9(8-11)7-4-2-1-3-5-7/h1-6H. The number of benzene rings is 1. The van der Waals surface area contributed by atoms with Crippen molar-refractivity contribution in [2.24, 2.45) is 5.29 Å². The summed E-state index contributed by atoms with van der Waals surface area (Å²) in [6.07, 6.45) is 0.363. The molecule has 0 saturated heterocycles. The Hall–Kier alpha value is -1.71. The zero-order valence-corrected chi connectivity index (χ0v) is 5.68. The number of amides is 1. The van der Waals surface area contributed by atoms with Crippen LogP contribution in [0.25, 0.3) is 0 Å². The summed E-state index contributed by atoms with van der Waals surface area (Å²) in [4.78, 5) is 20.1. The van der Waals surface area contributed by atoms with Crippen LogP contribution in [0.15, 0.2) is 35.6 Å². The van der Waals surface area contributed by atoms with Crippen molar-refractivity contribution in [2.75, 3.05) is 5.01 Å². The van der Waals surface area contributed by atoms with Gasteiger partial charge in [0.25, 0.3) is 0 Å². The molecule has 0 unspecified atom stereocenters. The normalized spacial score (nSPS) is 8.73. The molecule has 4 nitrogen and oxygen atoms in total. The van der Waals surface area contributed by atoms with Gasteiger partial charge in [0.05, 0.1) is 11.0 Å². The first kappa shape index (κ1) is 7.40. The first-order valence-electron chi connectivity index (χ1n) is 3.01. The molecule has 1 aromatic rings. The maximum absolute atomic E-state index is 10.2. The van der Waals surface area contributed by atoms with Gasteiger partial charge in [-0.1, -0.05) is 18.2 Å². The smallest absolute Gasteiger partial charge is 0.237 e. The number of nitrogens with zero attached hydrogens (tertiary/aromatic N) is 2. The molecule has 1 aromatic carbocycles. The number of anilines is 1. The lowest BCUT2D eigenvalue weighted by atomic mass is 10.3. The Bertz CT molecular complexity index is 240. The van der Waals surface area contributed by atoms with E-state index in [9.17, 15) is 9.70 Å². The molecule has 0 aromatic heterocycles. The molecule has 1 amide bonds. The van der Waals surface area contributed by atoms with Gasteiger partial charge in [-0.15, -0.1) is 4.91 Å². The fourth-order valence-electron chi connectivity index (χ4n) is 0.708. The lowest BCUT2D eigenvalue weighted by molar-refractivity contribution is -0.107. The van der Waals surface area contributed by atoms with E-state index in [2.05, 4.69) is 5.29 Å². The van der Waals surface area contributed by atoms with Crippen molar-refractivity contribution in [3.63, 3.8) is 0 Å². The molecule has 0 aliphatic heterocycles. The Labute approximate surface area is 63.4 Å². The molecule has 0 N–H and O–H groups in total. The highest BCUT2D eigenvalue weighted by atomic mass is 16.3. The topological polar surface area (TPSA) is 49.7 Å². The second kappa shape index (κ2) is 3.46. The fourth-order valence-corrected chi connectivity index (χ4v) is 0.708. The van der Waals surface area contributed by atoms with E-state index in [0.29, 0.717) is 12.1 Å². The molecule has 1 rings (SSSR count). The van der Waals surface area contributed by atoms with E-state index in [1.54, 1.807) is 30.3 Å². The number of rotatable bonds is 3. The van der Waals surface area contributed by atoms with E-state index in [1.807, 2.05) is 0 Å². The highest BCUT2D eigenvalue weighted by Gasteiger charge is 2.00. The lowest BCUT2D eigenvalue weighted by Gasteiger charge is -2.04. The highest BCUT2D eigenvalue weighted by molar-refractivity contribution is 5.73. The molecule has 0 bridgehead atoms. The molecule has 56 valence electrons. The summed E-state index contributed by atoms with van der Waals surface area (Å²) in [5.74, 6) is 0. The van der Waals surface area contributed by atoms with Crippen LogP contribution in [0.2, 0.25) is 0 Å². The van der Waals surface area contributed by atoms with Crippen LogP contribution in [0.3, 0.4) is 0 Å². The van der Waals surface area contributed by atoms with Crippen LogP contribution >= 0.6 is 0 Å². The predicted molar refractivity (Wildman–Crippen MR) is 40.8 cm³/mol. The molecule has 0 aliphatic carbocycles.